The first-order chi connectivity index (χ1) is 12.3. The van der Waals surface area contributed by atoms with Gasteiger partial charge in [0.15, 0.2) is 11.6 Å². The van der Waals surface area contributed by atoms with Crippen LogP contribution in [0.15, 0.2) is 0 Å². The Morgan fingerprint density at radius 2 is 1.00 bits per heavy atom. The molecule has 0 amide bonds. The van der Waals surface area contributed by atoms with Gasteiger partial charge in [-0.2, -0.15) is 0 Å². The Morgan fingerprint density at radius 1 is 0.692 bits per heavy atom. The first-order valence-electron chi connectivity index (χ1n) is 10.1. The molecule has 2 unspecified atom stereocenters. The minimum Gasteiger partial charge on any atom is -0.396 e. The molecule has 1 saturated carbocycles. The van der Waals surface area contributed by atoms with Crippen LogP contribution in [0.1, 0.15) is 53.4 Å². The normalized spacial score (nSPS) is 49.6. The molecule has 6 heteroatoms. The van der Waals surface area contributed by atoms with Crippen LogP contribution in [0.4, 0.5) is 0 Å². The van der Waals surface area contributed by atoms with Gasteiger partial charge in [0.2, 0.25) is 0 Å². The van der Waals surface area contributed by atoms with E-state index in [1.165, 1.54) is 0 Å². The Bertz CT molecular complexity index is 421. The fourth-order valence-corrected chi connectivity index (χ4v) is 4.45. The van der Waals surface area contributed by atoms with Gasteiger partial charge in [-0.3, -0.25) is 0 Å². The molecule has 2 spiro atoms. The summed E-state index contributed by atoms with van der Waals surface area (Å²) >= 11 is 0. The molecule has 0 bridgehead atoms. The quantitative estimate of drug-likeness (QED) is 0.789. The molecule has 3 fully saturated rings. The average molecular weight is 373 g/mol. The molecule has 3 aliphatic rings. The van der Waals surface area contributed by atoms with Gasteiger partial charge in [0.25, 0.3) is 0 Å². The summed E-state index contributed by atoms with van der Waals surface area (Å²) in [7, 11) is 0. The van der Waals surface area contributed by atoms with Crippen molar-refractivity contribution in [3.05, 3.63) is 0 Å². The third-order valence-electron chi connectivity index (χ3n) is 7.34. The fraction of sp³-hybridized carbons (Fsp3) is 1.00. The molecule has 1 aliphatic carbocycles. The highest BCUT2D eigenvalue weighted by Gasteiger charge is 2.59. The van der Waals surface area contributed by atoms with Gasteiger partial charge in [-0.05, 0) is 12.8 Å². The number of aliphatic hydroxyl groups is 2. The lowest BCUT2D eigenvalue weighted by Crippen LogP contribution is -2.64. The van der Waals surface area contributed by atoms with Crippen molar-refractivity contribution in [2.24, 2.45) is 22.7 Å². The molecule has 2 aliphatic heterocycles. The van der Waals surface area contributed by atoms with Crippen LogP contribution in [0.5, 0.6) is 0 Å². The second-order valence-electron chi connectivity index (χ2n) is 9.01. The van der Waals surface area contributed by atoms with Gasteiger partial charge in [0.05, 0.1) is 39.6 Å². The second kappa shape index (κ2) is 7.30. The van der Waals surface area contributed by atoms with Crippen molar-refractivity contribution >= 4 is 0 Å². The van der Waals surface area contributed by atoms with Crippen LogP contribution in [-0.2, 0) is 18.9 Å². The van der Waals surface area contributed by atoms with Gasteiger partial charge >= 0.3 is 0 Å². The van der Waals surface area contributed by atoms with E-state index in [0.717, 1.165) is 12.8 Å². The van der Waals surface area contributed by atoms with Crippen molar-refractivity contribution in [2.45, 2.75) is 65.0 Å². The van der Waals surface area contributed by atoms with Gasteiger partial charge in [-0.1, -0.05) is 27.7 Å². The van der Waals surface area contributed by atoms with E-state index in [1.54, 1.807) is 0 Å². The summed E-state index contributed by atoms with van der Waals surface area (Å²) in [6, 6.07) is 0. The SMILES string of the molecule is CCC1(CO)COC2(CC(C)C3(CC2C)OCC(CC)(CO)CO3)OC1. The summed E-state index contributed by atoms with van der Waals surface area (Å²) in [5, 5.41) is 19.4. The lowest BCUT2D eigenvalue weighted by Gasteiger charge is -2.58. The van der Waals surface area contributed by atoms with Gasteiger partial charge in [0.1, 0.15) is 0 Å². The van der Waals surface area contributed by atoms with Crippen molar-refractivity contribution in [2.75, 3.05) is 39.6 Å². The van der Waals surface area contributed by atoms with E-state index >= 15 is 0 Å². The molecule has 0 radical (unpaired) electrons. The lowest BCUT2D eigenvalue weighted by atomic mass is 9.72. The molecule has 0 aromatic heterocycles. The Labute approximate surface area is 157 Å². The van der Waals surface area contributed by atoms with E-state index in [-0.39, 0.29) is 35.9 Å². The summed E-state index contributed by atoms with van der Waals surface area (Å²) < 4.78 is 25.1. The van der Waals surface area contributed by atoms with E-state index in [4.69, 9.17) is 18.9 Å². The van der Waals surface area contributed by atoms with Gasteiger partial charge in [0, 0.05) is 35.5 Å². The summed E-state index contributed by atoms with van der Waals surface area (Å²) in [6.07, 6.45) is 3.08. The van der Waals surface area contributed by atoms with Crippen LogP contribution >= 0.6 is 0 Å². The van der Waals surface area contributed by atoms with Crippen LogP contribution in [0, 0.1) is 22.7 Å². The Kier molecular flexibility index (Phi) is 5.75. The zero-order chi connectivity index (χ0) is 19.1. The van der Waals surface area contributed by atoms with Crippen molar-refractivity contribution in [3.8, 4) is 0 Å². The highest BCUT2D eigenvalue weighted by Crippen LogP contribution is 2.52. The zero-order valence-corrected chi connectivity index (χ0v) is 16.8. The third kappa shape index (κ3) is 3.23. The molecule has 0 aromatic rings. The van der Waals surface area contributed by atoms with Crippen molar-refractivity contribution in [1.82, 2.24) is 0 Å². The smallest absolute Gasteiger partial charge is 0.171 e. The molecule has 2 saturated heterocycles. The Balaban J connectivity index is 1.69. The van der Waals surface area contributed by atoms with Crippen LogP contribution in [0.2, 0.25) is 0 Å². The summed E-state index contributed by atoms with van der Waals surface area (Å²) in [4.78, 5) is 0. The predicted molar refractivity (Wildman–Crippen MR) is 96.5 cm³/mol. The predicted octanol–water partition coefficient (Wildman–Crippen LogP) is 2.32. The highest BCUT2D eigenvalue weighted by atomic mass is 16.7. The number of rotatable bonds is 4. The van der Waals surface area contributed by atoms with Crippen LogP contribution < -0.4 is 0 Å². The van der Waals surface area contributed by atoms with Gasteiger partial charge in [-0.25, -0.2) is 0 Å². The molecular weight excluding hydrogens is 336 g/mol. The van der Waals surface area contributed by atoms with E-state index in [2.05, 4.69) is 27.7 Å². The highest BCUT2D eigenvalue weighted by molar-refractivity contribution is 4.99. The first-order valence-corrected chi connectivity index (χ1v) is 10.1. The molecular formula is C20H36O6. The zero-order valence-electron chi connectivity index (χ0n) is 16.8. The molecule has 26 heavy (non-hydrogen) atoms. The third-order valence-corrected chi connectivity index (χ3v) is 7.34. The topological polar surface area (TPSA) is 77.4 Å². The monoisotopic (exact) mass is 372 g/mol. The minimum absolute atomic E-state index is 0.0833. The van der Waals surface area contributed by atoms with E-state index in [0.29, 0.717) is 39.3 Å². The van der Waals surface area contributed by atoms with Crippen LogP contribution in [0.3, 0.4) is 0 Å². The van der Waals surface area contributed by atoms with Gasteiger partial charge in [-0.15, -0.1) is 0 Å². The fourth-order valence-electron chi connectivity index (χ4n) is 4.45. The molecule has 2 heterocycles. The van der Waals surface area contributed by atoms with E-state index in [9.17, 15) is 10.2 Å². The molecule has 0 aromatic carbocycles. The van der Waals surface area contributed by atoms with Crippen molar-refractivity contribution in [1.29, 1.82) is 0 Å². The Hall–Kier alpha value is -0.240. The summed E-state index contributed by atoms with van der Waals surface area (Å²) in [5.74, 6) is -1.01. The Morgan fingerprint density at radius 3 is 1.23 bits per heavy atom. The second-order valence-corrected chi connectivity index (χ2v) is 9.01. The molecule has 2 atom stereocenters. The molecule has 3 rings (SSSR count). The largest absolute Gasteiger partial charge is 0.396 e. The number of ether oxygens (including phenoxy) is 4. The maximum atomic E-state index is 9.72. The van der Waals surface area contributed by atoms with E-state index < -0.39 is 11.6 Å². The molecule has 6 nitrogen and oxygen atoms in total. The lowest BCUT2D eigenvalue weighted by molar-refractivity contribution is -0.402. The maximum Gasteiger partial charge on any atom is 0.171 e. The van der Waals surface area contributed by atoms with Crippen LogP contribution in [0.25, 0.3) is 0 Å². The number of hydrogen-bond acceptors (Lipinski definition) is 6. The molecule has 152 valence electrons. The van der Waals surface area contributed by atoms with E-state index in [1.807, 2.05) is 0 Å². The summed E-state index contributed by atoms with van der Waals surface area (Å²) in [5.41, 5.74) is -0.577. The standard InChI is InChI=1S/C20H36O6/c1-5-17(9-21)11-23-19(24-12-17)7-16(4)20(8-15(19)3)25-13-18(6-2,10-22)14-26-20/h15-16,21-22H,5-14H2,1-4H3. The van der Waals surface area contributed by atoms with Crippen molar-refractivity contribution in [3.63, 3.8) is 0 Å². The first kappa shape index (κ1) is 20.5. The van der Waals surface area contributed by atoms with Crippen molar-refractivity contribution < 1.29 is 29.2 Å². The maximum absolute atomic E-state index is 9.72. The average Bonchev–Trinajstić information content (AvgIpc) is 2.68. The number of aliphatic hydroxyl groups excluding tert-OH is 2. The minimum atomic E-state index is -0.624. The van der Waals surface area contributed by atoms with Crippen LogP contribution in [-0.4, -0.2) is 61.4 Å². The summed E-state index contributed by atoms with van der Waals surface area (Å²) in [6.45, 7) is 10.6. The number of hydrogen-bond donors (Lipinski definition) is 2. The van der Waals surface area contributed by atoms with Gasteiger partial charge < -0.3 is 29.2 Å². The molecule has 2 N–H and O–H groups in total.